The number of nitrogens with one attached hydrogen (secondary N) is 3. The zero-order valence-electron chi connectivity index (χ0n) is 20.5. The summed E-state index contributed by atoms with van der Waals surface area (Å²) in [6.45, 7) is 1.49. The van der Waals surface area contributed by atoms with Gasteiger partial charge in [0.15, 0.2) is 0 Å². The largest absolute Gasteiger partial charge is 0.480 e. The highest BCUT2D eigenvalue weighted by Gasteiger charge is 2.26. The van der Waals surface area contributed by atoms with Crippen LogP contribution in [0.15, 0.2) is 72.1 Å². The summed E-state index contributed by atoms with van der Waals surface area (Å²) >= 11 is 13.8. The normalized spacial score (nSPS) is 12.4. The van der Waals surface area contributed by atoms with Gasteiger partial charge in [0.1, 0.15) is 6.04 Å². The molecule has 0 spiro atoms. The molecule has 0 aliphatic rings. The maximum atomic E-state index is 13.0. The Labute approximate surface area is 237 Å². The third kappa shape index (κ3) is 6.57. The van der Waals surface area contributed by atoms with E-state index < -0.39 is 29.7 Å². The number of rotatable bonds is 9. The number of thiophene rings is 1. The molecule has 0 saturated carbocycles. The fraction of sp³-hybridized carbons (Fsp3) is 0.143. The van der Waals surface area contributed by atoms with Crippen LogP contribution in [-0.2, 0) is 4.79 Å². The average Bonchev–Trinajstić information content (AvgIpc) is 3.45. The van der Waals surface area contributed by atoms with E-state index in [4.69, 9.17) is 23.2 Å². The molecule has 3 amide bonds. The number of carbonyl (C=O) groups excluding carboxylic acids is 3. The number of carboxylic acids is 1. The van der Waals surface area contributed by atoms with Gasteiger partial charge in [0.25, 0.3) is 17.7 Å². The summed E-state index contributed by atoms with van der Waals surface area (Å²) < 4.78 is 0. The smallest absolute Gasteiger partial charge is 0.328 e. The SMILES string of the molecule is C[C@@H](NC(=O)c1cc(Cl)c(C(=O)NC(CNC(=O)c2cccs2)C(=O)O)c(Cl)c1)c1cccc2ccccc12. The number of carboxylic acid groups (broad SMARTS) is 1. The molecule has 11 heteroatoms. The van der Waals surface area contributed by atoms with Crippen molar-refractivity contribution in [3.05, 3.63) is 104 Å². The summed E-state index contributed by atoms with van der Waals surface area (Å²) in [5, 5.41) is 20.7. The van der Waals surface area contributed by atoms with Crippen LogP contribution in [0.5, 0.6) is 0 Å². The van der Waals surface area contributed by atoms with Gasteiger partial charge in [-0.3, -0.25) is 14.4 Å². The molecular weight excluding hydrogens is 561 g/mol. The Morgan fingerprint density at radius 3 is 2.23 bits per heavy atom. The second-order valence-corrected chi connectivity index (χ2v) is 10.4. The topological polar surface area (TPSA) is 125 Å². The molecule has 39 heavy (non-hydrogen) atoms. The number of hydrogen-bond acceptors (Lipinski definition) is 5. The van der Waals surface area contributed by atoms with Gasteiger partial charge in [0.05, 0.1) is 26.5 Å². The molecule has 0 aliphatic heterocycles. The number of carbonyl (C=O) groups is 4. The van der Waals surface area contributed by atoms with Crippen LogP contribution in [0, 0.1) is 0 Å². The molecule has 3 aromatic carbocycles. The zero-order chi connectivity index (χ0) is 28.1. The average molecular weight is 584 g/mol. The van der Waals surface area contributed by atoms with Crippen LogP contribution in [0.4, 0.5) is 0 Å². The van der Waals surface area contributed by atoms with Gasteiger partial charge in [-0.1, -0.05) is 71.7 Å². The quantitative estimate of drug-likeness (QED) is 0.212. The summed E-state index contributed by atoms with van der Waals surface area (Å²) in [5.41, 5.74) is 0.875. The molecule has 1 heterocycles. The molecule has 4 rings (SSSR count). The first-order valence-corrected chi connectivity index (χ1v) is 13.4. The number of fused-ring (bicyclic) bond motifs is 1. The predicted octanol–water partition coefficient (Wildman–Crippen LogP) is 5.31. The summed E-state index contributed by atoms with van der Waals surface area (Å²) in [6, 6.07) is 17.8. The van der Waals surface area contributed by atoms with Crippen LogP contribution in [0.2, 0.25) is 10.0 Å². The lowest BCUT2D eigenvalue weighted by molar-refractivity contribution is -0.139. The molecule has 0 fully saturated rings. The standard InChI is InChI=1S/C28H23Cl2N3O5S/c1-15(18-9-4-7-16-6-2-3-8-19(16)18)32-25(34)17-12-20(29)24(21(30)13-17)27(36)33-22(28(37)38)14-31-26(35)23-10-5-11-39-23/h2-13,15,22H,14H2,1H3,(H,31,35)(H,32,34)(H,33,36)(H,37,38)/t15-,22?/m1/s1. The van der Waals surface area contributed by atoms with Gasteiger partial charge in [-0.25, -0.2) is 4.79 Å². The van der Waals surface area contributed by atoms with Crippen molar-refractivity contribution in [2.24, 2.45) is 0 Å². The van der Waals surface area contributed by atoms with Crippen molar-refractivity contribution in [3.63, 3.8) is 0 Å². The molecule has 2 atom stereocenters. The molecule has 1 unspecified atom stereocenters. The van der Waals surface area contributed by atoms with E-state index in [1.54, 1.807) is 17.5 Å². The van der Waals surface area contributed by atoms with E-state index in [1.165, 1.54) is 23.5 Å². The number of halogens is 2. The lowest BCUT2D eigenvalue weighted by Gasteiger charge is -2.18. The molecule has 8 nitrogen and oxygen atoms in total. The van der Waals surface area contributed by atoms with Crippen molar-refractivity contribution in [1.82, 2.24) is 16.0 Å². The summed E-state index contributed by atoms with van der Waals surface area (Å²) in [4.78, 5) is 50.1. The monoisotopic (exact) mass is 583 g/mol. The van der Waals surface area contributed by atoms with Crippen LogP contribution in [0.3, 0.4) is 0 Å². The summed E-state index contributed by atoms with van der Waals surface area (Å²) in [5.74, 6) is -3.14. The van der Waals surface area contributed by atoms with Crippen molar-refractivity contribution in [2.45, 2.75) is 19.0 Å². The van der Waals surface area contributed by atoms with Crippen molar-refractivity contribution in [1.29, 1.82) is 0 Å². The fourth-order valence-corrected chi connectivity index (χ4v) is 5.33. The molecule has 0 bridgehead atoms. The number of hydrogen-bond donors (Lipinski definition) is 4. The first-order chi connectivity index (χ1) is 18.7. The molecule has 0 radical (unpaired) electrons. The van der Waals surface area contributed by atoms with E-state index in [1.807, 2.05) is 49.4 Å². The first kappa shape index (κ1) is 28.1. The molecule has 1 aromatic heterocycles. The van der Waals surface area contributed by atoms with Crippen LogP contribution in [0.25, 0.3) is 10.8 Å². The number of benzene rings is 3. The molecule has 200 valence electrons. The van der Waals surface area contributed by atoms with Gasteiger partial charge in [-0.2, -0.15) is 0 Å². The Balaban J connectivity index is 1.46. The highest BCUT2D eigenvalue weighted by molar-refractivity contribution is 7.12. The minimum Gasteiger partial charge on any atom is -0.480 e. The highest BCUT2D eigenvalue weighted by atomic mass is 35.5. The van der Waals surface area contributed by atoms with Crippen LogP contribution in [-0.4, -0.2) is 41.4 Å². The van der Waals surface area contributed by atoms with Gasteiger partial charge in [-0.05, 0) is 46.8 Å². The van der Waals surface area contributed by atoms with Crippen molar-refractivity contribution in [3.8, 4) is 0 Å². The van der Waals surface area contributed by atoms with E-state index in [0.29, 0.717) is 4.88 Å². The Kier molecular flexibility index (Phi) is 8.86. The second-order valence-electron chi connectivity index (χ2n) is 8.63. The van der Waals surface area contributed by atoms with Gasteiger partial charge < -0.3 is 21.1 Å². The fourth-order valence-electron chi connectivity index (χ4n) is 4.03. The molecular formula is C28H23Cl2N3O5S. The van der Waals surface area contributed by atoms with E-state index in [-0.39, 0.29) is 33.8 Å². The van der Waals surface area contributed by atoms with E-state index in [9.17, 15) is 24.3 Å². The Morgan fingerprint density at radius 2 is 1.56 bits per heavy atom. The molecule has 4 aromatic rings. The summed E-state index contributed by atoms with van der Waals surface area (Å²) in [6.07, 6.45) is 0. The third-order valence-corrected chi connectivity index (χ3v) is 7.45. The third-order valence-electron chi connectivity index (χ3n) is 5.98. The van der Waals surface area contributed by atoms with Crippen LogP contribution < -0.4 is 16.0 Å². The first-order valence-electron chi connectivity index (χ1n) is 11.8. The van der Waals surface area contributed by atoms with Gasteiger partial charge in [0, 0.05) is 12.1 Å². The predicted molar refractivity (Wildman–Crippen MR) is 152 cm³/mol. The lowest BCUT2D eigenvalue weighted by Crippen LogP contribution is -2.48. The maximum Gasteiger partial charge on any atom is 0.328 e. The minimum atomic E-state index is -1.45. The molecule has 0 saturated heterocycles. The van der Waals surface area contributed by atoms with E-state index in [2.05, 4.69) is 16.0 Å². The van der Waals surface area contributed by atoms with Crippen molar-refractivity contribution < 1.29 is 24.3 Å². The van der Waals surface area contributed by atoms with Gasteiger partial charge in [0.2, 0.25) is 0 Å². The lowest BCUT2D eigenvalue weighted by atomic mass is 9.99. The van der Waals surface area contributed by atoms with Crippen LogP contribution >= 0.6 is 34.5 Å². The maximum absolute atomic E-state index is 13.0. The molecule has 0 aliphatic carbocycles. The van der Waals surface area contributed by atoms with E-state index >= 15 is 0 Å². The van der Waals surface area contributed by atoms with Gasteiger partial charge in [-0.15, -0.1) is 11.3 Å². The highest BCUT2D eigenvalue weighted by Crippen LogP contribution is 2.28. The minimum absolute atomic E-state index is 0.130. The number of aliphatic carboxylic acids is 1. The Morgan fingerprint density at radius 1 is 0.872 bits per heavy atom. The van der Waals surface area contributed by atoms with Crippen molar-refractivity contribution >= 4 is 69.0 Å². The van der Waals surface area contributed by atoms with Crippen LogP contribution in [0.1, 0.15) is 48.9 Å². The van der Waals surface area contributed by atoms with Crippen molar-refractivity contribution in [2.75, 3.05) is 6.54 Å². The summed E-state index contributed by atoms with van der Waals surface area (Å²) in [7, 11) is 0. The zero-order valence-corrected chi connectivity index (χ0v) is 22.9. The number of amides is 3. The second kappa shape index (κ2) is 12.3. The molecule has 4 N–H and O–H groups in total. The Bertz CT molecular complexity index is 1530. The van der Waals surface area contributed by atoms with Gasteiger partial charge >= 0.3 is 5.97 Å². The Hall–Kier alpha value is -3.92. The van der Waals surface area contributed by atoms with E-state index in [0.717, 1.165) is 16.3 Å².